The Balaban J connectivity index is 1.58. The van der Waals surface area contributed by atoms with Crippen LogP contribution in [0.3, 0.4) is 0 Å². The van der Waals surface area contributed by atoms with Gasteiger partial charge in [-0.25, -0.2) is 0 Å². The zero-order chi connectivity index (χ0) is 18.2. The summed E-state index contributed by atoms with van der Waals surface area (Å²) in [5, 5.41) is 12.5. The van der Waals surface area contributed by atoms with E-state index in [1.54, 1.807) is 24.7 Å². The van der Waals surface area contributed by atoms with Crippen LogP contribution in [0.15, 0.2) is 64.6 Å². The van der Waals surface area contributed by atoms with Crippen molar-refractivity contribution < 1.29 is 19.0 Å². The first-order valence-electron chi connectivity index (χ1n) is 8.45. The molecule has 1 unspecified atom stereocenters. The van der Waals surface area contributed by atoms with Gasteiger partial charge in [0.05, 0.1) is 19.9 Å². The van der Waals surface area contributed by atoms with Gasteiger partial charge in [-0.15, -0.1) is 11.3 Å². The highest BCUT2D eigenvalue weighted by atomic mass is 32.1. The summed E-state index contributed by atoms with van der Waals surface area (Å²) in [6, 6.07) is 15.4. The van der Waals surface area contributed by atoms with E-state index >= 15 is 0 Å². The van der Waals surface area contributed by atoms with Crippen LogP contribution in [0.4, 0.5) is 0 Å². The molecule has 3 rings (SSSR count). The number of hydrogen-bond donors (Lipinski definition) is 1. The molecule has 5 nitrogen and oxygen atoms in total. The van der Waals surface area contributed by atoms with E-state index in [0.29, 0.717) is 24.6 Å². The Bertz CT molecular complexity index is 722. The van der Waals surface area contributed by atoms with E-state index < -0.39 is 6.10 Å². The number of para-hydroxylation sites is 2. The Morgan fingerprint density at radius 2 is 1.92 bits per heavy atom. The summed E-state index contributed by atoms with van der Waals surface area (Å²) in [4.78, 5) is 3.40. The smallest absolute Gasteiger partial charge is 0.161 e. The van der Waals surface area contributed by atoms with Gasteiger partial charge in [-0.05, 0) is 35.7 Å². The lowest BCUT2D eigenvalue weighted by atomic mass is 10.3. The zero-order valence-corrected chi connectivity index (χ0v) is 15.5. The molecule has 2 aromatic heterocycles. The lowest BCUT2D eigenvalue weighted by Crippen LogP contribution is -2.34. The van der Waals surface area contributed by atoms with E-state index in [2.05, 4.69) is 16.3 Å². The molecule has 0 saturated carbocycles. The maximum absolute atomic E-state index is 10.5. The Labute approximate surface area is 157 Å². The zero-order valence-electron chi connectivity index (χ0n) is 14.7. The molecule has 1 N–H and O–H groups in total. The van der Waals surface area contributed by atoms with Crippen molar-refractivity contribution in [1.82, 2.24) is 4.90 Å². The lowest BCUT2D eigenvalue weighted by molar-refractivity contribution is 0.0599. The molecule has 0 spiro atoms. The van der Waals surface area contributed by atoms with Crippen LogP contribution < -0.4 is 9.47 Å². The second-order valence-corrected chi connectivity index (χ2v) is 6.98. The average molecular weight is 373 g/mol. The molecule has 0 aliphatic carbocycles. The van der Waals surface area contributed by atoms with Crippen molar-refractivity contribution in [3.63, 3.8) is 0 Å². The minimum atomic E-state index is -0.630. The van der Waals surface area contributed by atoms with E-state index in [1.807, 2.05) is 42.5 Å². The lowest BCUT2D eigenvalue weighted by Gasteiger charge is -2.24. The van der Waals surface area contributed by atoms with Gasteiger partial charge in [-0.2, -0.15) is 0 Å². The summed E-state index contributed by atoms with van der Waals surface area (Å²) in [7, 11) is 1.60. The van der Waals surface area contributed by atoms with Crippen LogP contribution in [-0.2, 0) is 13.1 Å². The number of ether oxygens (including phenoxy) is 2. The van der Waals surface area contributed by atoms with Gasteiger partial charge in [0, 0.05) is 18.0 Å². The van der Waals surface area contributed by atoms with Crippen LogP contribution in [0.25, 0.3) is 0 Å². The molecule has 3 aromatic rings. The number of benzene rings is 1. The van der Waals surface area contributed by atoms with Crippen molar-refractivity contribution in [2.24, 2.45) is 0 Å². The standard InChI is InChI=1S/C20H23NO4S/c1-23-19-8-2-3-9-20(19)25-15-16(22)12-21(13-17-6-4-10-24-17)14-18-7-5-11-26-18/h2-11,16,22H,12-15H2,1H3. The summed E-state index contributed by atoms with van der Waals surface area (Å²) >= 11 is 1.70. The fourth-order valence-electron chi connectivity index (χ4n) is 2.71. The largest absolute Gasteiger partial charge is 0.493 e. The van der Waals surface area contributed by atoms with Crippen molar-refractivity contribution >= 4 is 11.3 Å². The molecule has 1 atom stereocenters. The molecule has 2 heterocycles. The van der Waals surface area contributed by atoms with Gasteiger partial charge in [-0.1, -0.05) is 18.2 Å². The summed E-state index contributed by atoms with van der Waals surface area (Å²) in [5.74, 6) is 2.16. The first kappa shape index (κ1) is 18.5. The van der Waals surface area contributed by atoms with Crippen molar-refractivity contribution in [1.29, 1.82) is 0 Å². The SMILES string of the molecule is COc1ccccc1OCC(O)CN(Cc1ccco1)Cc1cccs1. The quantitative estimate of drug-likeness (QED) is 0.586. The van der Waals surface area contributed by atoms with Crippen LogP contribution in [0.2, 0.25) is 0 Å². The topological polar surface area (TPSA) is 55.1 Å². The third-order valence-corrected chi connectivity index (χ3v) is 4.75. The molecular formula is C20H23NO4S. The minimum Gasteiger partial charge on any atom is -0.493 e. The third-order valence-electron chi connectivity index (χ3n) is 3.89. The second kappa shape index (κ2) is 9.43. The van der Waals surface area contributed by atoms with E-state index in [1.165, 1.54) is 4.88 Å². The Hall–Kier alpha value is -2.28. The van der Waals surface area contributed by atoms with E-state index in [4.69, 9.17) is 13.9 Å². The van der Waals surface area contributed by atoms with Crippen LogP contribution in [0, 0.1) is 0 Å². The average Bonchev–Trinajstić information content (AvgIpc) is 3.34. The second-order valence-electron chi connectivity index (χ2n) is 5.94. The summed E-state index contributed by atoms with van der Waals surface area (Å²) in [6.45, 7) is 2.06. The predicted octanol–water partition coefficient (Wildman–Crippen LogP) is 3.79. The molecule has 0 fully saturated rings. The Kier molecular flexibility index (Phi) is 6.71. The fraction of sp³-hybridized carbons (Fsp3) is 0.300. The maximum Gasteiger partial charge on any atom is 0.161 e. The van der Waals surface area contributed by atoms with Gasteiger partial charge in [0.15, 0.2) is 11.5 Å². The molecule has 0 radical (unpaired) electrons. The van der Waals surface area contributed by atoms with Gasteiger partial charge in [0.1, 0.15) is 18.5 Å². The van der Waals surface area contributed by atoms with E-state index in [0.717, 1.165) is 12.3 Å². The Morgan fingerprint density at radius 3 is 2.62 bits per heavy atom. The molecule has 0 amide bonds. The number of rotatable bonds is 10. The van der Waals surface area contributed by atoms with Gasteiger partial charge in [-0.3, -0.25) is 4.90 Å². The number of nitrogens with zero attached hydrogens (tertiary/aromatic N) is 1. The van der Waals surface area contributed by atoms with Gasteiger partial charge in [0.25, 0.3) is 0 Å². The highest BCUT2D eigenvalue weighted by Gasteiger charge is 2.16. The van der Waals surface area contributed by atoms with Gasteiger partial charge < -0.3 is 19.0 Å². The third kappa shape index (κ3) is 5.36. The monoisotopic (exact) mass is 373 g/mol. The molecule has 0 aliphatic rings. The first-order chi connectivity index (χ1) is 12.7. The molecule has 0 bridgehead atoms. The summed E-state index contributed by atoms with van der Waals surface area (Å²) in [5.41, 5.74) is 0. The maximum atomic E-state index is 10.5. The number of hydrogen-bond acceptors (Lipinski definition) is 6. The first-order valence-corrected chi connectivity index (χ1v) is 9.33. The molecule has 138 valence electrons. The van der Waals surface area contributed by atoms with Crippen LogP contribution in [0.5, 0.6) is 11.5 Å². The van der Waals surface area contributed by atoms with Crippen LogP contribution in [-0.4, -0.2) is 36.4 Å². The number of aliphatic hydroxyl groups is 1. The molecule has 1 aromatic carbocycles. The summed E-state index contributed by atoms with van der Waals surface area (Å²) in [6.07, 6.45) is 1.04. The Morgan fingerprint density at radius 1 is 1.08 bits per heavy atom. The van der Waals surface area contributed by atoms with Crippen LogP contribution >= 0.6 is 11.3 Å². The number of methoxy groups -OCH3 is 1. The van der Waals surface area contributed by atoms with Crippen molar-refractivity contribution in [3.05, 3.63) is 70.8 Å². The minimum absolute atomic E-state index is 0.194. The number of thiophene rings is 1. The van der Waals surface area contributed by atoms with Gasteiger partial charge >= 0.3 is 0 Å². The normalized spacial score (nSPS) is 12.3. The van der Waals surface area contributed by atoms with Crippen molar-refractivity contribution in [2.75, 3.05) is 20.3 Å². The predicted molar refractivity (Wildman–Crippen MR) is 102 cm³/mol. The van der Waals surface area contributed by atoms with Crippen molar-refractivity contribution in [2.45, 2.75) is 19.2 Å². The van der Waals surface area contributed by atoms with E-state index in [9.17, 15) is 5.11 Å². The van der Waals surface area contributed by atoms with E-state index in [-0.39, 0.29) is 6.61 Å². The highest BCUT2D eigenvalue weighted by Crippen LogP contribution is 2.26. The summed E-state index contributed by atoms with van der Waals surface area (Å²) < 4.78 is 16.5. The fourth-order valence-corrected chi connectivity index (χ4v) is 3.45. The molecule has 0 aliphatic heterocycles. The van der Waals surface area contributed by atoms with Gasteiger partial charge in [0.2, 0.25) is 0 Å². The molecule has 26 heavy (non-hydrogen) atoms. The van der Waals surface area contributed by atoms with Crippen molar-refractivity contribution in [3.8, 4) is 11.5 Å². The number of aliphatic hydroxyl groups excluding tert-OH is 1. The van der Waals surface area contributed by atoms with Crippen LogP contribution in [0.1, 0.15) is 10.6 Å². The molecular weight excluding hydrogens is 350 g/mol. The number of furan rings is 1. The highest BCUT2D eigenvalue weighted by molar-refractivity contribution is 7.09. The molecule has 0 saturated heterocycles. The molecule has 6 heteroatoms.